The molecule has 1 heterocycles. The molecule has 0 spiro atoms. The van der Waals surface area contributed by atoms with Crippen molar-refractivity contribution in [2.45, 2.75) is 96.1 Å². The van der Waals surface area contributed by atoms with Crippen molar-refractivity contribution in [2.75, 3.05) is 6.61 Å². The van der Waals surface area contributed by atoms with E-state index in [0.29, 0.717) is 0 Å². The number of hydrogen-bond donors (Lipinski definition) is 3. The van der Waals surface area contributed by atoms with E-state index in [1.165, 1.54) is 31.2 Å². The summed E-state index contributed by atoms with van der Waals surface area (Å²) in [4.78, 5) is 56.6. The number of fused-ring (bicyclic) bond motifs is 5. The minimum absolute atomic E-state index is 0.0585. The fraction of sp³-hybridized carbons (Fsp3) is 0.613. The number of Topliss-reactive ketones (excluding diaryl/α,β-unsaturated/α-hetero) is 1. The van der Waals surface area contributed by atoms with E-state index in [1.807, 2.05) is 0 Å². The molecule has 1 aromatic rings. The Labute approximate surface area is 258 Å². The molecule has 0 amide bonds. The van der Waals surface area contributed by atoms with Gasteiger partial charge in [-0.25, -0.2) is 4.79 Å². The fourth-order valence-electron chi connectivity index (χ4n) is 8.08. The number of hydrogen-bond acceptors (Lipinski definition) is 12. The Morgan fingerprint density at radius 2 is 1.80 bits per heavy atom. The molecule has 14 heteroatoms. The van der Waals surface area contributed by atoms with Crippen molar-refractivity contribution in [1.82, 2.24) is 0 Å². The Bertz CT molecular complexity index is 1550. The first-order chi connectivity index (χ1) is 21.0. The molecular formula is C31H37N3O11. The van der Waals surface area contributed by atoms with Crippen molar-refractivity contribution < 1.29 is 53.4 Å². The average molecular weight is 628 g/mol. The van der Waals surface area contributed by atoms with Crippen molar-refractivity contribution in [3.8, 4) is 0 Å². The van der Waals surface area contributed by atoms with Crippen LogP contribution in [0, 0.1) is 16.7 Å². The Balaban J connectivity index is 1.82. The van der Waals surface area contributed by atoms with Gasteiger partial charge in [0.2, 0.25) is 0 Å². The second kappa shape index (κ2) is 10.9. The molecule has 5 rings (SSSR count). The molecule has 9 atom stereocenters. The zero-order chi connectivity index (χ0) is 33.3. The van der Waals surface area contributed by atoms with Crippen molar-refractivity contribution in [2.24, 2.45) is 21.9 Å². The van der Waals surface area contributed by atoms with Gasteiger partial charge < -0.3 is 34.3 Å². The maximum atomic E-state index is 14.9. The summed E-state index contributed by atoms with van der Waals surface area (Å²) in [7, 11) is 0. The summed E-state index contributed by atoms with van der Waals surface area (Å²) in [6.07, 6.45) is -7.71. The summed E-state index contributed by atoms with van der Waals surface area (Å²) in [6.45, 7) is 8.16. The van der Waals surface area contributed by atoms with Crippen LogP contribution in [0.25, 0.3) is 10.4 Å². The molecule has 2 saturated carbocycles. The number of esters is 3. The molecule has 3 N–H and O–H groups in total. The molecule has 45 heavy (non-hydrogen) atoms. The van der Waals surface area contributed by atoms with Gasteiger partial charge in [0.05, 0.1) is 35.7 Å². The van der Waals surface area contributed by atoms with Gasteiger partial charge in [-0.2, -0.15) is 0 Å². The minimum Gasteiger partial charge on any atom is -0.455 e. The second-order valence-electron chi connectivity index (χ2n) is 13.1. The summed E-state index contributed by atoms with van der Waals surface area (Å²) in [5.74, 6) is -4.78. The molecule has 0 unspecified atom stereocenters. The van der Waals surface area contributed by atoms with Crippen LogP contribution >= 0.6 is 0 Å². The SMILES string of the molecule is CC(=O)O[C@H]1C(=O)[C@@]2(C)[C@H]([C@H](OC(=O)c3cccc(N=[N+]=[N-])c3)[C@]3(O)C[C@H](O)C(C)=C1C3(C)C)[C@]1(OC(C)=O)CO[C@@H]1C[C@@H]2O. The Kier molecular flexibility index (Phi) is 7.90. The van der Waals surface area contributed by atoms with Gasteiger partial charge in [-0.3, -0.25) is 14.4 Å². The Morgan fingerprint density at radius 1 is 1.11 bits per heavy atom. The van der Waals surface area contributed by atoms with E-state index in [9.17, 15) is 34.5 Å². The number of aliphatic hydroxyl groups excluding tert-OH is 2. The topological polar surface area (TPSA) is 215 Å². The lowest BCUT2D eigenvalue weighted by Gasteiger charge is -2.67. The molecule has 1 aromatic carbocycles. The summed E-state index contributed by atoms with van der Waals surface area (Å²) in [5.41, 5.74) is 2.00. The molecule has 2 bridgehead atoms. The third kappa shape index (κ3) is 4.66. The van der Waals surface area contributed by atoms with Gasteiger partial charge in [-0.15, -0.1) is 0 Å². The van der Waals surface area contributed by atoms with E-state index < -0.39 is 88.6 Å². The zero-order valence-electron chi connectivity index (χ0n) is 25.8. The zero-order valence-corrected chi connectivity index (χ0v) is 25.8. The summed E-state index contributed by atoms with van der Waals surface area (Å²) in [6, 6.07) is 5.60. The quantitative estimate of drug-likeness (QED) is 0.108. The van der Waals surface area contributed by atoms with Gasteiger partial charge in [0.25, 0.3) is 0 Å². The van der Waals surface area contributed by atoms with Crippen LogP contribution < -0.4 is 0 Å². The lowest BCUT2D eigenvalue weighted by Crippen LogP contribution is -2.81. The van der Waals surface area contributed by atoms with Gasteiger partial charge >= 0.3 is 17.9 Å². The predicted molar refractivity (Wildman–Crippen MR) is 154 cm³/mol. The molecular weight excluding hydrogens is 590 g/mol. The molecule has 14 nitrogen and oxygen atoms in total. The van der Waals surface area contributed by atoms with Gasteiger partial charge in [-0.05, 0) is 42.7 Å². The van der Waals surface area contributed by atoms with Crippen molar-refractivity contribution in [3.63, 3.8) is 0 Å². The number of ether oxygens (including phenoxy) is 4. The maximum absolute atomic E-state index is 14.9. The molecule has 242 valence electrons. The van der Waals surface area contributed by atoms with Crippen LogP contribution in [-0.4, -0.2) is 87.3 Å². The number of aliphatic hydroxyl groups is 3. The highest BCUT2D eigenvalue weighted by atomic mass is 16.6. The first kappa shape index (κ1) is 32.6. The molecule has 1 aliphatic heterocycles. The first-order valence-corrected chi connectivity index (χ1v) is 14.6. The van der Waals surface area contributed by atoms with E-state index in [4.69, 9.17) is 24.5 Å². The van der Waals surface area contributed by atoms with Crippen molar-refractivity contribution in [3.05, 3.63) is 51.4 Å². The summed E-state index contributed by atoms with van der Waals surface area (Å²) >= 11 is 0. The van der Waals surface area contributed by atoms with Crippen LogP contribution in [0.1, 0.15) is 64.7 Å². The number of benzene rings is 1. The monoisotopic (exact) mass is 627 g/mol. The molecule has 0 radical (unpaired) electrons. The number of ketones is 1. The van der Waals surface area contributed by atoms with Crippen LogP contribution in [0.5, 0.6) is 0 Å². The molecule has 1 saturated heterocycles. The van der Waals surface area contributed by atoms with Crippen LogP contribution in [-0.2, 0) is 33.3 Å². The summed E-state index contributed by atoms with van der Waals surface area (Å²) < 4.78 is 23.5. The van der Waals surface area contributed by atoms with E-state index in [2.05, 4.69) is 10.0 Å². The van der Waals surface area contributed by atoms with Crippen LogP contribution in [0.2, 0.25) is 0 Å². The molecule has 3 aliphatic carbocycles. The van der Waals surface area contributed by atoms with Crippen LogP contribution in [0.3, 0.4) is 0 Å². The van der Waals surface area contributed by atoms with Gasteiger partial charge in [0.15, 0.2) is 17.5 Å². The van der Waals surface area contributed by atoms with Crippen molar-refractivity contribution in [1.29, 1.82) is 0 Å². The molecule has 0 aromatic heterocycles. The Hall–Kier alpha value is -3.81. The van der Waals surface area contributed by atoms with Gasteiger partial charge in [0.1, 0.15) is 17.8 Å². The Morgan fingerprint density at radius 3 is 2.38 bits per heavy atom. The number of nitrogens with zero attached hydrogens (tertiary/aromatic N) is 3. The number of azide groups is 1. The average Bonchev–Trinajstić information content (AvgIpc) is 2.95. The third-order valence-corrected chi connectivity index (χ3v) is 10.4. The number of carbonyl (C=O) groups is 4. The minimum atomic E-state index is -2.20. The van der Waals surface area contributed by atoms with E-state index in [0.717, 1.165) is 13.8 Å². The number of carbonyl (C=O) groups excluding carboxylic acids is 4. The van der Waals surface area contributed by atoms with Gasteiger partial charge in [0, 0.05) is 42.7 Å². The van der Waals surface area contributed by atoms with E-state index in [-0.39, 0.29) is 35.4 Å². The van der Waals surface area contributed by atoms with E-state index >= 15 is 0 Å². The maximum Gasteiger partial charge on any atom is 0.338 e. The lowest BCUT2D eigenvalue weighted by atomic mass is 9.44. The van der Waals surface area contributed by atoms with E-state index in [1.54, 1.807) is 20.8 Å². The van der Waals surface area contributed by atoms with Crippen molar-refractivity contribution >= 4 is 29.4 Å². The smallest absolute Gasteiger partial charge is 0.338 e. The standard InChI is InChI=1S/C31H37N3O11/c1-14-19(37)12-31(41)26(44-27(40)17-8-7-9-18(10-17)33-34-32)24-29(6,20(38)11-21-30(24,13-42-21)45-16(3)36)25(39)23(43-15(2)35)22(14)28(31,4)5/h7-10,19-21,23-24,26,37-38,41H,11-13H2,1-6H3/t19-,20-,21+,23+,24-,26-,29+,30-,31+/m0/s1. The predicted octanol–water partition coefficient (Wildman–Crippen LogP) is 2.59. The summed E-state index contributed by atoms with van der Waals surface area (Å²) in [5, 5.41) is 39.5. The highest BCUT2D eigenvalue weighted by Crippen LogP contribution is 2.64. The second-order valence-corrected chi connectivity index (χ2v) is 13.1. The largest absolute Gasteiger partial charge is 0.455 e. The normalized spacial score (nSPS) is 38.2. The number of rotatable bonds is 5. The highest BCUT2D eigenvalue weighted by Gasteiger charge is 2.78. The van der Waals surface area contributed by atoms with Gasteiger partial charge in [-0.1, -0.05) is 31.1 Å². The fourth-order valence-corrected chi connectivity index (χ4v) is 8.08. The third-order valence-electron chi connectivity index (χ3n) is 10.4. The molecule has 4 aliphatic rings. The van der Waals surface area contributed by atoms with Crippen LogP contribution in [0.4, 0.5) is 5.69 Å². The highest BCUT2D eigenvalue weighted by molar-refractivity contribution is 5.95. The molecule has 3 fully saturated rings. The lowest BCUT2D eigenvalue weighted by molar-refractivity contribution is -0.345. The first-order valence-electron chi connectivity index (χ1n) is 14.6. The van der Waals surface area contributed by atoms with Crippen LogP contribution in [0.15, 0.2) is 40.5 Å².